The third-order valence-corrected chi connectivity index (χ3v) is 5.96. The predicted octanol–water partition coefficient (Wildman–Crippen LogP) is 5.89. The van der Waals surface area contributed by atoms with E-state index in [1.54, 1.807) is 25.6 Å². The Labute approximate surface area is 198 Å². The van der Waals surface area contributed by atoms with E-state index in [1.165, 1.54) is 4.57 Å². The fraction of sp³-hybridized carbons (Fsp3) is 0.259. The molecule has 7 nitrogen and oxygen atoms in total. The van der Waals surface area contributed by atoms with Crippen LogP contribution >= 0.6 is 0 Å². The van der Waals surface area contributed by atoms with Crippen molar-refractivity contribution in [3.63, 3.8) is 0 Å². The van der Waals surface area contributed by atoms with Crippen molar-refractivity contribution in [2.24, 2.45) is 7.05 Å². The number of carbonyl (C=O) groups excluding carboxylic acids is 1. The number of anilines is 2. The second kappa shape index (κ2) is 9.47. The predicted molar refractivity (Wildman–Crippen MR) is 137 cm³/mol. The number of aryl methyl sites for hydroxylation is 1. The van der Waals surface area contributed by atoms with Crippen LogP contribution in [0.3, 0.4) is 0 Å². The molecule has 0 radical (unpaired) electrons. The highest BCUT2D eigenvalue weighted by Crippen LogP contribution is 2.34. The molecule has 3 heterocycles. The zero-order valence-corrected chi connectivity index (χ0v) is 20.1. The van der Waals surface area contributed by atoms with Gasteiger partial charge in [0.05, 0.1) is 0 Å². The van der Waals surface area contributed by atoms with Crippen LogP contribution in [-0.4, -0.2) is 20.6 Å². The summed E-state index contributed by atoms with van der Waals surface area (Å²) >= 11 is 0. The number of nitrogens with zero attached hydrogens (tertiary/aromatic N) is 3. The van der Waals surface area contributed by atoms with Crippen molar-refractivity contribution in [2.45, 2.75) is 39.5 Å². The molecule has 0 fully saturated rings. The van der Waals surface area contributed by atoms with Crippen molar-refractivity contribution in [1.82, 2.24) is 14.5 Å². The number of pyridine rings is 3. The van der Waals surface area contributed by atoms with E-state index >= 15 is 0 Å². The van der Waals surface area contributed by atoms with Crippen molar-refractivity contribution in [2.75, 3.05) is 10.6 Å². The molecule has 0 aliphatic carbocycles. The zero-order valence-electron chi connectivity index (χ0n) is 20.1. The van der Waals surface area contributed by atoms with Crippen LogP contribution in [0.1, 0.15) is 50.7 Å². The maximum Gasteiger partial charge on any atom is 0.323 e. The highest BCUT2D eigenvalue weighted by Gasteiger charge is 2.21. The second-order valence-corrected chi connectivity index (χ2v) is 8.92. The molecule has 0 bridgehead atoms. The Morgan fingerprint density at radius 2 is 1.47 bits per heavy atom. The topological polar surface area (TPSA) is 88.9 Å². The highest BCUT2D eigenvalue weighted by atomic mass is 16.2. The third kappa shape index (κ3) is 4.29. The normalized spacial score (nSPS) is 11.3. The number of nitrogens with one attached hydrogen (secondary N) is 2. The van der Waals surface area contributed by atoms with Gasteiger partial charge in [-0.05, 0) is 52.8 Å². The molecule has 0 saturated heterocycles. The van der Waals surface area contributed by atoms with Crippen LogP contribution in [0.2, 0.25) is 0 Å². The van der Waals surface area contributed by atoms with Gasteiger partial charge in [-0.2, -0.15) is 0 Å². The smallest absolute Gasteiger partial charge is 0.307 e. The lowest BCUT2D eigenvalue weighted by molar-refractivity contribution is 0.262. The summed E-state index contributed by atoms with van der Waals surface area (Å²) in [6, 6.07) is 12.9. The largest absolute Gasteiger partial charge is 0.323 e. The van der Waals surface area contributed by atoms with Gasteiger partial charge in [0.2, 0.25) is 0 Å². The van der Waals surface area contributed by atoms with Gasteiger partial charge in [-0.15, -0.1) is 0 Å². The van der Waals surface area contributed by atoms with Gasteiger partial charge in [-0.1, -0.05) is 45.9 Å². The van der Waals surface area contributed by atoms with Crippen LogP contribution in [0.25, 0.3) is 22.2 Å². The Kier molecular flexibility index (Phi) is 6.45. The minimum Gasteiger partial charge on any atom is -0.307 e. The van der Waals surface area contributed by atoms with Gasteiger partial charge in [0.25, 0.3) is 5.56 Å². The number of amides is 2. The summed E-state index contributed by atoms with van der Waals surface area (Å²) in [5.41, 5.74) is 4.66. The molecule has 2 amide bonds. The van der Waals surface area contributed by atoms with Crippen molar-refractivity contribution < 1.29 is 4.79 Å². The molecule has 174 valence electrons. The van der Waals surface area contributed by atoms with E-state index < -0.39 is 6.03 Å². The molecule has 0 saturated carbocycles. The van der Waals surface area contributed by atoms with Gasteiger partial charge < -0.3 is 10.6 Å². The van der Waals surface area contributed by atoms with E-state index in [2.05, 4.69) is 48.3 Å². The van der Waals surface area contributed by atoms with Gasteiger partial charge in [0.1, 0.15) is 11.3 Å². The fourth-order valence-electron chi connectivity index (χ4n) is 4.25. The van der Waals surface area contributed by atoms with E-state index in [1.807, 2.05) is 42.5 Å². The Balaban J connectivity index is 1.84. The molecule has 0 aliphatic rings. The molecule has 0 spiro atoms. The van der Waals surface area contributed by atoms with Gasteiger partial charge in [0, 0.05) is 42.3 Å². The molecule has 34 heavy (non-hydrogen) atoms. The summed E-state index contributed by atoms with van der Waals surface area (Å²) in [5, 5.41) is 6.66. The Bertz CT molecular complexity index is 1380. The quantitative estimate of drug-likeness (QED) is 0.393. The Hall–Kier alpha value is -4.00. The number of rotatable bonds is 5. The summed E-state index contributed by atoms with van der Waals surface area (Å²) in [4.78, 5) is 35.2. The molecular weight excluding hydrogens is 426 g/mol. The molecule has 4 rings (SSSR count). The second-order valence-electron chi connectivity index (χ2n) is 8.92. The third-order valence-electron chi connectivity index (χ3n) is 5.96. The molecule has 3 aromatic heterocycles. The first-order chi connectivity index (χ1) is 16.3. The van der Waals surface area contributed by atoms with Crippen molar-refractivity contribution in [1.29, 1.82) is 0 Å². The van der Waals surface area contributed by atoms with E-state index in [0.717, 1.165) is 27.8 Å². The van der Waals surface area contributed by atoms with E-state index in [0.29, 0.717) is 11.2 Å². The van der Waals surface area contributed by atoms with Gasteiger partial charge in [0.15, 0.2) is 0 Å². The SMILES string of the molecule is CC(C)c1cccc(C(C)C)c1NC(=O)Nc1c(-c2ccncc2)c2cccnc2n(C)c1=O. The molecule has 0 aliphatic heterocycles. The molecule has 2 N–H and O–H groups in total. The first kappa shape index (κ1) is 23.2. The molecule has 1 aromatic carbocycles. The standard InChI is InChI=1S/C27H29N5O2/c1-16(2)19-8-6-9-20(17(3)4)23(19)30-27(34)31-24-22(18-11-14-28-15-12-18)21-10-7-13-29-25(21)32(5)26(24)33/h6-17H,1-5H3,(H2,30,31,34). The molecule has 0 atom stereocenters. The van der Waals surface area contributed by atoms with Crippen molar-refractivity contribution >= 4 is 28.4 Å². The average Bonchev–Trinajstić information content (AvgIpc) is 2.83. The number of urea groups is 1. The number of para-hydroxylation sites is 1. The van der Waals surface area contributed by atoms with E-state index in [9.17, 15) is 9.59 Å². The van der Waals surface area contributed by atoms with Crippen LogP contribution in [-0.2, 0) is 7.05 Å². The number of benzene rings is 1. The number of carbonyl (C=O) groups is 1. The first-order valence-electron chi connectivity index (χ1n) is 11.4. The average molecular weight is 456 g/mol. The number of hydrogen-bond donors (Lipinski definition) is 2. The monoisotopic (exact) mass is 455 g/mol. The van der Waals surface area contributed by atoms with Crippen molar-refractivity contribution in [3.05, 3.63) is 82.5 Å². The minimum atomic E-state index is -0.467. The summed E-state index contributed by atoms with van der Waals surface area (Å²) < 4.78 is 1.46. The zero-order chi connectivity index (χ0) is 24.4. The van der Waals surface area contributed by atoms with E-state index in [-0.39, 0.29) is 23.1 Å². The Morgan fingerprint density at radius 1 is 0.853 bits per heavy atom. The highest BCUT2D eigenvalue weighted by molar-refractivity contribution is 6.07. The molecular formula is C27H29N5O2. The maximum absolute atomic E-state index is 13.4. The van der Waals surface area contributed by atoms with Crippen LogP contribution < -0.4 is 16.2 Å². The van der Waals surface area contributed by atoms with Gasteiger partial charge in [-0.3, -0.25) is 14.3 Å². The van der Waals surface area contributed by atoms with E-state index in [4.69, 9.17) is 0 Å². The fourth-order valence-corrected chi connectivity index (χ4v) is 4.25. The summed E-state index contributed by atoms with van der Waals surface area (Å²) in [6.45, 7) is 8.37. The number of fused-ring (bicyclic) bond motifs is 1. The number of hydrogen-bond acceptors (Lipinski definition) is 4. The first-order valence-corrected chi connectivity index (χ1v) is 11.4. The summed E-state index contributed by atoms with van der Waals surface area (Å²) in [6.07, 6.45) is 4.97. The lowest BCUT2D eigenvalue weighted by atomic mass is 9.93. The van der Waals surface area contributed by atoms with Gasteiger partial charge >= 0.3 is 6.03 Å². The Morgan fingerprint density at radius 3 is 2.09 bits per heavy atom. The molecule has 0 unspecified atom stereocenters. The molecule has 7 heteroatoms. The van der Waals surface area contributed by atoms with Crippen LogP contribution in [0, 0.1) is 0 Å². The minimum absolute atomic E-state index is 0.194. The summed E-state index contributed by atoms with van der Waals surface area (Å²) in [7, 11) is 1.65. The van der Waals surface area contributed by atoms with Gasteiger partial charge in [-0.25, -0.2) is 9.78 Å². The van der Waals surface area contributed by atoms with Crippen LogP contribution in [0.4, 0.5) is 16.2 Å². The lowest BCUT2D eigenvalue weighted by Gasteiger charge is -2.21. The number of aromatic nitrogens is 3. The van der Waals surface area contributed by atoms with Crippen LogP contribution in [0.15, 0.2) is 65.8 Å². The molecule has 4 aromatic rings. The van der Waals surface area contributed by atoms with Crippen LogP contribution in [0.5, 0.6) is 0 Å². The summed E-state index contributed by atoms with van der Waals surface area (Å²) in [5.74, 6) is 0.446. The van der Waals surface area contributed by atoms with Crippen molar-refractivity contribution in [3.8, 4) is 11.1 Å². The maximum atomic E-state index is 13.4. The lowest BCUT2D eigenvalue weighted by Crippen LogP contribution is -2.29.